The lowest BCUT2D eigenvalue weighted by Gasteiger charge is -2.56. The van der Waals surface area contributed by atoms with Crippen LogP contribution in [-0.4, -0.2) is 31.1 Å². The van der Waals surface area contributed by atoms with E-state index in [4.69, 9.17) is 14.2 Å². The van der Waals surface area contributed by atoms with Gasteiger partial charge in [-0.05, 0) is 55.2 Å². The van der Waals surface area contributed by atoms with E-state index in [2.05, 4.69) is 5.32 Å². The van der Waals surface area contributed by atoms with Crippen LogP contribution in [0.2, 0.25) is 0 Å². The highest BCUT2D eigenvalue weighted by Crippen LogP contribution is 2.55. The monoisotopic (exact) mass is 447 g/mol. The Morgan fingerprint density at radius 1 is 1.21 bits per heavy atom. The van der Waals surface area contributed by atoms with Crippen molar-refractivity contribution in [1.29, 1.82) is 0 Å². The fourth-order valence-electron chi connectivity index (χ4n) is 5.72. The van der Waals surface area contributed by atoms with Gasteiger partial charge in [0.1, 0.15) is 11.7 Å². The lowest BCUT2D eigenvalue weighted by atomic mass is 9.61. The number of carbonyl (C=O) groups excluding carboxylic acids is 2. The number of allylic oxidation sites excluding steroid dienone is 1. The lowest BCUT2D eigenvalue weighted by molar-refractivity contribution is -0.160. The number of carbonyl (C=O) groups is 2. The van der Waals surface area contributed by atoms with Gasteiger partial charge in [-0.25, -0.2) is 0 Å². The molecule has 5 rings (SSSR count). The maximum Gasteiger partial charge on any atom is 0.234 e. The number of ether oxygens (including phenoxy) is 3. The Bertz CT molecular complexity index is 1110. The zero-order valence-corrected chi connectivity index (χ0v) is 19.0. The first-order chi connectivity index (χ1) is 16.1. The predicted octanol–water partition coefficient (Wildman–Crippen LogP) is 4.48. The molecule has 2 fully saturated rings. The fourth-order valence-corrected chi connectivity index (χ4v) is 5.72. The number of methoxy groups -OCH3 is 1. The Hall–Kier alpha value is -3.28. The molecule has 2 aliphatic heterocycles. The van der Waals surface area contributed by atoms with Gasteiger partial charge in [-0.2, -0.15) is 0 Å². The number of hydrogen-bond donors (Lipinski definition) is 1. The smallest absolute Gasteiger partial charge is 0.234 e. The molecular formula is C27H29NO5. The number of ketones is 1. The van der Waals surface area contributed by atoms with Gasteiger partial charge in [0.15, 0.2) is 23.0 Å². The van der Waals surface area contributed by atoms with Crippen molar-refractivity contribution >= 4 is 17.8 Å². The van der Waals surface area contributed by atoms with Crippen molar-refractivity contribution < 1.29 is 23.8 Å². The Balaban J connectivity index is 1.47. The van der Waals surface area contributed by atoms with E-state index < -0.39 is 11.6 Å². The second kappa shape index (κ2) is 8.58. The molecule has 0 aromatic heterocycles. The lowest BCUT2D eigenvalue weighted by Crippen LogP contribution is -2.69. The third kappa shape index (κ3) is 3.67. The summed E-state index contributed by atoms with van der Waals surface area (Å²) in [5, 5.41) is 3.12. The Morgan fingerprint density at radius 2 is 2.06 bits per heavy atom. The Morgan fingerprint density at radius 3 is 2.88 bits per heavy atom. The summed E-state index contributed by atoms with van der Waals surface area (Å²) in [5.41, 5.74) is 1.07. The summed E-state index contributed by atoms with van der Waals surface area (Å²) in [6.07, 6.45) is 7.05. The molecule has 172 valence electrons. The van der Waals surface area contributed by atoms with Crippen molar-refractivity contribution in [2.75, 3.05) is 13.7 Å². The van der Waals surface area contributed by atoms with Gasteiger partial charge in [-0.15, -0.1) is 0 Å². The second-order valence-electron chi connectivity index (χ2n) is 8.95. The van der Waals surface area contributed by atoms with E-state index in [9.17, 15) is 9.59 Å². The number of rotatable bonds is 6. The van der Waals surface area contributed by atoms with Crippen LogP contribution in [0, 0.1) is 11.8 Å². The average Bonchev–Trinajstić information content (AvgIpc) is 2.82. The second-order valence-corrected chi connectivity index (χ2v) is 8.95. The molecule has 0 spiro atoms. The number of piperidine rings is 1. The Labute approximate surface area is 193 Å². The van der Waals surface area contributed by atoms with Gasteiger partial charge >= 0.3 is 0 Å². The van der Waals surface area contributed by atoms with E-state index in [0.29, 0.717) is 18.1 Å². The van der Waals surface area contributed by atoms with E-state index in [1.54, 1.807) is 13.2 Å². The molecule has 0 radical (unpaired) electrons. The van der Waals surface area contributed by atoms with Crippen LogP contribution in [0.1, 0.15) is 49.7 Å². The predicted molar refractivity (Wildman–Crippen MR) is 124 cm³/mol. The molecule has 1 saturated heterocycles. The molecule has 3 aliphatic rings. The number of benzene rings is 2. The van der Waals surface area contributed by atoms with Crippen LogP contribution < -0.4 is 19.5 Å². The molecule has 1 aliphatic carbocycles. The molecule has 2 aromatic carbocycles. The quantitative estimate of drug-likeness (QED) is 0.522. The molecule has 2 aromatic rings. The molecule has 1 N–H and O–H groups in total. The minimum atomic E-state index is -0.771. The molecule has 2 bridgehead atoms. The normalized spacial score (nSPS) is 27.7. The first kappa shape index (κ1) is 21.6. The number of nitrogens with one attached hydrogen (secondary N) is 1. The number of para-hydroxylation sites is 1. The van der Waals surface area contributed by atoms with Crippen molar-refractivity contribution in [3.8, 4) is 17.2 Å². The first-order valence-electron chi connectivity index (χ1n) is 11.7. The third-order valence-corrected chi connectivity index (χ3v) is 7.13. The molecule has 2 heterocycles. The van der Waals surface area contributed by atoms with Crippen LogP contribution in [0.25, 0.3) is 6.08 Å². The highest BCUT2D eigenvalue weighted by molar-refractivity contribution is 6.10. The van der Waals surface area contributed by atoms with Gasteiger partial charge in [0.25, 0.3) is 0 Å². The maximum atomic E-state index is 13.4. The molecule has 4 unspecified atom stereocenters. The maximum absolute atomic E-state index is 13.4. The molecule has 1 saturated carbocycles. The van der Waals surface area contributed by atoms with Gasteiger partial charge in [-0.3, -0.25) is 9.59 Å². The molecule has 33 heavy (non-hydrogen) atoms. The van der Waals surface area contributed by atoms with E-state index in [1.807, 2.05) is 49.4 Å². The SMILES string of the molecule is CCOc1ccc(C=CC(=O)C2C(=O)NC34CCCCC3C2c2ccccc2O4)cc1OC. The summed E-state index contributed by atoms with van der Waals surface area (Å²) in [6, 6.07) is 13.3. The van der Waals surface area contributed by atoms with Crippen molar-refractivity contribution in [2.24, 2.45) is 11.8 Å². The minimum Gasteiger partial charge on any atom is -0.493 e. The van der Waals surface area contributed by atoms with Crippen LogP contribution in [0.4, 0.5) is 0 Å². The van der Waals surface area contributed by atoms with Gasteiger partial charge < -0.3 is 19.5 Å². The summed E-state index contributed by atoms with van der Waals surface area (Å²) in [7, 11) is 1.59. The van der Waals surface area contributed by atoms with Crippen LogP contribution >= 0.6 is 0 Å². The van der Waals surface area contributed by atoms with Crippen molar-refractivity contribution in [3.05, 3.63) is 59.7 Å². The van der Waals surface area contributed by atoms with Crippen molar-refractivity contribution in [2.45, 2.75) is 44.2 Å². The highest BCUT2D eigenvalue weighted by Gasteiger charge is 2.60. The molecule has 6 heteroatoms. The van der Waals surface area contributed by atoms with E-state index >= 15 is 0 Å². The van der Waals surface area contributed by atoms with Gasteiger partial charge in [0.05, 0.1) is 13.7 Å². The standard InChI is InChI=1S/C27H29NO5/c1-3-32-22-14-12-17(16-23(22)31-2)11-13-20(29)25-24-18-8-4-5-10-21(18)33-27(28-26(25)30)15-7-6-9-19(24)27/h4-5,8,10-14,16,19,24-25H,3,6-7,9,15H2,1-2H3,(H,28,30). The summed E-state index contributed by atoms with van der Waals surface area (Å²) in [6.45, 7) is 2.45. The highest BCUT2D eigenvalue weighted by atomic mass is 16.5. The third-order valence-electron chi connectivity index (χ3n) is 7.13. The summed E-state index contributed by atoms with van der Waals surface area (Å²) in [4.78, 5) is 26.7. The fraction of sp³-hybridized carbons (Fsp3) is 0.407. The molecular weight excluding hydrogens is 418 g/mol. The van der Waals surface area contributed by atoms with Gasteiger partial charge in [0.2, 0.25) is 5.91 Å². The van der Waals surface area contributed by atoms with Crippen LogP contribution in [0.5, 0.6) is 17.2 Å². The molecule has 6 nitrogen and oxygen atoms in total. The topological polar surface area (TPSA) is 73.9 Å². The van der Waals surface area contributed by atoms with Crippen LogP contribution in [-0.2, 0) is 9.59 Å². The Kier molecular flexibility index (Phi) is 5.60. The van der Waals surface area contributed by atoms with Crippen molar-refractivity contribution in [1.82, 2.24) is 5.32 Å². The summed E-state index contributed by atoms with van der Waals surface area (Å²) >= 11 is 0. The van der Waals surface area contributed by atoms with E-state index in [0.717, 1.165) is 42.6 Å². The molecule has 1 amide bonds. The van der Waals surface area contributed by atoms with Crippen LogP contribution in [0.3, 0.4) is 0 Å². The average molecular weight is 448 g/mol. The first-order valence-corrected chi connectivity index (χ1v) is 11.7. The zero-order valence-electron chi connectivity index (χ0n) is 19.0. The number of amides is 1. The summed E-state index contributed by atoms with van der Waals surface area (Å²) in [5.74, 6) is 0.733. The zero-order chi connectivity index (χ0) is 23.0. The molecule has 4 atom stereocenters. The number of hydrogen-bond acceptors (Lipinski definition) is 5. The van der Waals surface area contributed by atoms with E-state index in [1.165, 1.54) is 6.08 Å². The van der Waals surface area contributed by atoms with Crippen LogP contribution in [0.15, 0.2) is 48.5 Å². The van der Waals surface area contributed by atoms with Gasteiger partial charge in [-0.1, -0.05) is 36.8 Å². The van der Waals surface area contributed by atoms with Gasteiger partial charge in [0, 0.05) is 18.3 Å². The minimum absolute atomic E-state index is 0.0896. The summed E-state index contributed by atoms with van der Waals surface area (Å²) < 4.78 is 17.4. The van der Waals surface area contributed by atoms with E-state index in [-0.39, 0.29) is 23.5 Å². The number of fused-ring (bicyclic) bond motifs is 2. The largest absolute Gasteiger partial charge is 0.493 e. The van der Waals surface area contributed by atoms with Crippen molar-refractivity contribution in [3.63, 3.8) is 0 Å².